The zero-order valence-electron chi connectivity index (χ0n) is 12.8. The van der Waals surface area contributed by atoms with E-state index < -0.39 is 0 Å². The number of carbonyl (C=O) groups excluding carboxylic acids is 1. The maximum atomic E-state index is 13.6. The van der Waals surface area contributed by atoms with Crippen LogP contribution in [0.25, 0.3) is 6.08 Å². The van der Waals surface area contributed by atoms with Crippen molar-refractivity contribution in [2.45, 2.75) is 5.75 Å². The Labute approximate surface area is 148 Å². The molecule has 1 amide bonds. The van der Waals surface area contributed by atoms with E-state index in [2.05, 4.69) is 5.32 Å². The number of nitrogens with one attached hydrogen (secondary N) is 1. The van der Waals surface area contributed by atoms with Crippen molar-refractivity contribution in [3.05, 3.63) is 76.3 Å². The molecule has 0 fully saturated rings. The topological polar surface area (TPSA) is 29.1 Å². The molecule has 0 aliphatic carbocycles. The van der Waals surface area contributed by atoms with E-state index in [1.165, 1.54) is 36.0 Å². The van der Waals surface area contributed by atoms with Crippen LogP contribution in [0.4, 0.5) is 8.78 Å². The van der Waals surface area contributed by atoms with Crippen molar-refractivity contribution in [2.24, 2.45) is 0 Å². The Bertz CT molecular complexity index is 699. The van der Waals surface area contributed by atoms with Gasteiger partial charge in [-0.1, -0.05) is 29.8 Å². The minimum atomic E-state index is -0.318. The Balaban J connectivity index is 1.68. The van der Waals surface area contributed by atoms with Crippen LogP contribution in [0.15, 0.2) is 48.5 Å². The van der Waals surface area contributed by atoms with Crippen LogP contribution in [0.1, 0.15) is 11.1 Å². The van der Waals surface area contributed by atoms with Crippen LogP contribution in [0, 0.1) is 11.6 Å². The summed E-state index contributed by atoms with van der Waals surface area (Å²) >= 11 is 7.43. The maximum absolute atomic E-state index is 13.6. The zero-order chi connectivity index (χ0) is 17.4. The second-order valence-electron chi connectivity index (χ2n) is 4.93. The van der Waals surface area contributed by atoms with Crippen molar-refractivity contribution >= 4 is 35.3 Å². The molecule has 1 N–H and O–H groups in total. The van der Waals surface area contributed by atoms with Gasteiger partial charge in [-0.15, -0.1) is 0 Å². The van der Waals surface area contributed by atoms with Gasteiger partial charge in [0.1, 0.15) is 11.6 Å². The molecule has 0 radical (unpaired) electrons. The first kappa shape index (κ1) is 18.5. The summed E-state index contributed by atoms with van der Waals surface area (Å²) in [5.41, 5.74) is 1.22. The molecule has 0 spiro atoms. The molecule has 0 bridgehead atoms. The monoisotopic (exact) mass is 367 g/mol. The molecule has 24 heavy (non-hydrogen) atoms. The highest BCUT2D eigenvalue weighted by Crippen LogP contribution is 2.23. The third kappa shape index (κ3) is 5.98. The summed E-state index contributed by atoms with van der Waals surface area (Å²) in [5, 5.41) is 3.14. The minimum absolute atomic E-state index is 0.233. The molecule has 0 aliphatic heterocycles. The van der Waals surface area contributed by atoms with Crippen LogP contribution in [0.3, 0.4) is 0 Å². The van der Waals surface area contributed by atoms with Gasteiger partial charge in [0.25, 0.3) is 0 Å². The van der Waals surface area contributed by atoms with Gasteiger partial charge in [0.05, 0.1) is 0 Å². The van der Waals surface area contributed by atoms with Crippen LogP contribution in [0.5, 0.6) is 0 Å². The fourth-order valence-electron chi connectivity index (χ4n) is 1.90. The van der Waals surface area contributed by atoms with E-state index in [0.717, 1.165) is 5.56 Å². The van der Waals surface area contributed by atoms with E-state index in [-0.39, 0.29) is 17.5 Å². The second-order valence-corrected chi connectivity index (χ2v) is 6.44. The van der Waals surface area contributed by atoms with Crippen LogP contribution in [-0.4, -0.2) is 18.2 Å². The summed E-state index contributed by atoms with van der Waals surface area (Å²) in [6.07, 6.45) is 3.01. The molecule has 0 saturated carbocycles. The van der Waals surface area contributed by atoms with Gasteiger partial charge in [0.15, 0.2) is 0 Å². The van der Waals surface area contributed by atoms with Gasteiger partial charge in [-0.05, 0) is 35.9 Å². The standard InChI is InChI=1S/C18H16ClF2NOS/c19-16-2-1-3-17(21)15(16)12-24-11-10-22-18(23)9-6-13-4-7-14(20)8-5-13/h1-9H,10-12H2,(H,22,23)/b9-6+. The lowest BCUT2D eigenvalue weighted by Gasteiger charge is -2.06. The molecule has 2 nitrogen and oxygen atoms in total. The van der Waals surface area contributed by atoms with Crippen molar-refractivity contribution in [3.63, 3.8) is 0 Å². The summed E-state index contributed by atoms with van der Waals surface area (Å²) in [5.74, 6) is 0.224. The van der Waals surface area contributed by atoms with Gasteiger partial charge >= 0.3 is 0 Å². The number of hydrogen-bond donors (Lipinski definition) is 1. The Morgan fingerprint density at radius 1 is 1.17 bits per heavy atom. The predicted molar refractivity (Wildman–Crippen MR) is 96.0 cm³/mol. The van der Waals surface area contributed by atoms with Crippen LogP contribution >= 0.6 is 23.4 Å². The molecule has 2 aromatic rings. The van der Waals surface area contributed by atoms with E-state index >= 15 is 0 Å². The van der Waals surface area contributed by atoms with E-state index in [1.54, 1.807) is 30.3 Å². The largest absolute Gasteiger partial charge is 0.352 e. The molecular weight excluding hydrogens is 352 g/mol. The highest BCUT2D eigenvalue weighted by Gasteiger charge is 2.06. The van der Waals surface area contributed by atoms with Gasteiger partial charge in [-0.25, -0.2) is 8.78 Å². The average molecular weight is 368 g/mol. The molecule has 6 heteroatoms. The van der Waals surface area contributed by atoms with Crippen molar-refractivity contribution in [2.75, 3.05) is 12.3 Å². The van der Waals surface area contributed by atoms with Crippen molar-refractivity contribution in [1.82, 2.24) is 5.32 Å². The first-order chi connectivity index (χ1) is 11.6. The molecule has 0 unspecified atom stereocenters. The highest BCUT2D eigenvalue weighted by atomic mass is 35.5. The van der Waals surface area contributed by atoms with Crippen molar-refractivity contribution in [1.29, 1.82) is 0 Å². The normalized spacial score (nSPS) is 11.0. The van der Waals surface area contributed by atoms with E-state index in [1.807, 2.05) is 0 Å². The molecular formula is C18H16ClF2NOS. The van der Waals surface area contributed by atoms with Crippen molar-refractivity contribution < 1.29 is 13.6 Å². The molecule has 0 aromatic heterocycles. The number of rotatable bonds is 7. The Morgan fingerprint density at radius 2 is 1.92 bits per heavy atom. The SMILES string of the molecule is O=C(/C=C/c1ccc(F)cc1)NCCSCc1c(F)cccc1Cl. The lowest BCUT2D eigenvalue weighted by Crippen LogP contribution is -2.23. The zero-order valence-corrected chi connectivity index (χ0v) is 14.3. The molecule has 126 valence electrons. The second kappa shape index (κ2) is 9.45. The number of hydrogen-bond acceptors (Lipinski definition) is 2. The third-order valence-electron chi connectivity index (χ3n) is 3.15. The number of amides is 1. The summed E-state index contributed by atoms with van der Waals surface area (Å²) in [6.45, 7) is 0.462. The Hall–Kier alpha value is -1.85. The molecule has 2 aromatic carbocycles. The maximum Gasteiger partial charge on any atom is 0.244 e. The lowest BCUT2D eigenvalue weighted by molar-refractivity contribution is -0.116. The first-order valence-corrected chi connectivity index (χ1v) is 8.81. The molecule has 0 heterocycles. The summed E-state index contributed by atoms with van der Waals surface area (Å²) < 4.78 is 26.3. The number of halogens is 3. The van der Waals surface area contributed by atoms with Gasteiger partial charge < -0.3 is 5.32 Å². The third-order valence-corrected chi connectivity index (χ3v) is 4.49. The van der Waals surface area contributed by atoms with E-state index in [4.69, 9.17) is 11.6 Å². The van der Waals surface area contributed by atoms with E-state index in [0.29, 0.717) is 28.6 Å². The summed E-state index contributed by atoms with van der Waals surface area (Å²) in [7, 11) is 0. The van der Waals surface area contributed by atoms with Gasteiger partial charge in [-0.3, -0.25) is 4.79 Å². The summed E-state index contributed by atoms with van der Waals surface area (Å²) in [4.78, 5) is 11.7. The van der Waals surface area contributed by atoms with E-state index in [9.17, 15) is 13.6 Å². The van der Waals surface area contributed by atoms with Gasteiger partial charge in [-0.2, -0.15) is 11.8 Å². The summed E-state index contributed by atoms with van der Waals surface area (Å²) in [6, 6.07) is 10.5. The van der Waals surface area contributed by atoms with Crippen molar-refractivity contribution in [3.8, 4) is 0 Å². The molecule has 2 rings (SSSR count). The predicted octanol–water partition coefficient (Wildman–Crippen LogP) is 4.68. The smallest absolute Gasteiger partial charge is 0.244 e. The fourth-order valence-corrected chi connectivity index (χ4v) is 3.09. The highest BCUT2D eigenvalue weighted by molar-refractivity contribution is 7.98. The fraction of sp³-hybridized carbons (Fsp3) is 0.167. The van der Waals surface area contributed by atoms with Gasteiger partial charge in [0.2, 0.25) is 5.91 Å². The average Bonchev–Trinajstić information content (AvgIpc) is 2.56. The van der Waals surface area contributed by atoms with Gasteiger partial charge in [0, 0.05) is 34.7 Å². The Morgan fingerprint density at radius 3 is 2.62 bits per heavy atom. The van der Waals surface area contributed by atoms with Crippen LogP contribution in [-0.2, 0) is 10.5 Å². The Kier molecular flexibility index (Phi) is 7.28. The minimum Gasteiger partial charge on any atom is -0.352 e. The molecule has 0 saturated heterocycles. The quantitative estimate of drug-likeness (QED) is 0.568. The number of thioether (sulfide) groups is 1. The molecule has 0 aliphatic rings. The van der Waals surface area contributed by atoms with Crippen LogP contribution in [0.2, 0.25) is 5.02 Å². The number of carbonyl (C=O) groups is 1. The number of benzene rings is 2. The lowest BCUT2D eigenvalue weighted by atomic mass is 10.2. The molecule has 0 atom stereocenters. The van der Waals surface area contributed by atoms with Crippen LogP contribution < -0.4 is 5.32 Å². The first-order valence-electron chi connectivity index (χ1n) is 7.28.